The molecule has 0 aliphatic heterocycles. The largest absolute Gasteiger partial charge is 0.496 e. The van der Waals surface area contributed by atoms with Crippen LogP contribution in [0.4, 0.5) is 0 Å². The SMILES string of the molecule is COc1cc2ccccc2cc1C(=O)O[C@@H](C(=O)NC1CC1)c1ccccc1. The summed E-state index contributed by atoms with van der Waals surface area (Å²) in [4.78, 5) is 25.7. The molecule has 142 valence electrons. The van der Waals surface area contributed by atoms with Crippen molar-refractivity contribution in [3.63, 3.8) is 0 Å². The maximum atomic E-state index is 13.0. The van der Waals surface area contributed by atoms with Gasteiger partial charge in [0.05, 0.1) is 7.11 Å². The fourth-order valence-corrected chi connectivity index (χ4v) is 3.12. The third-order valence-corrected chi connectivity index (χ3v) is 4.78. The van der Waals surface area contributed by atoms with E-state index < -0.39 is 12.1 Å². The molecule has 3 aromatic rings. The number of methoxy groups -OCH3 is 1. The standard InChI is InChI=1S/C23H21NO4/c1-27-20-14-17-10-6-5-9-16(17)13-19(20)23(26)28-21(15-7-3-2-4-8-15)22(25)24-18-11-12-18/h2-10,13-14,18,21H,11-12H2,1H3,(H,24,25)/t21-/m1/s1. The molecule has 0 heterocycles. The minimum atomic E-state index is -1.01. The van der Waals surface area contributed by atoms with Crippen molar-refractivity contribution >= 4 is 22.6 Å². The molecule has 1 aliphatic carbocycles. The Morgan fingerprint density at radius 1 is 0.964 bits per heavy atom. The van der Waals surface area contributed by atoms with Gasteiger partial charge in [-0.05, 0) is 35.7 Å². The summed E-state index contributed by atoms with van der Waals surface area (Å²) in [6.07, 6.45) is 0.907. The Hall–Kier alpha value is -3.34. The van der Waals surface area contributed by atoms with E-state index in [1.807, 2.05) is 42.5 Å². The molecule has 5 nitrogen and oxygen atoms in total. The number of amides is 1. The lowest BCUT2D eigenvalue weighted by atomic mass is 10.1. The molecule has 1 N–H and O–H groups in total. The van der Waals surface area contributed by atoms with E-state index >= 15 is 0 Å². The van der Waals surface area contributed by atoms with E-state index in [-0.39, 0.29) is 11.9 Å². The first-order chi connectivity index (χ1) is 13.7. The van der Waals surface area contributed by atoms with Crippen molar-refractivity contribution in [1.82, 2.24) is 5.32 Å². The van der Waals surface area contributed by atoms with Gasteiger partial charge in [-0.3, -0.25) is 4.79 Å². The minimum absolute atomic E-state index is 0.174. The molecule has 0 radical (unpaired) electrons. The maximum Gasteiger partial charge on any atom is 0.343 e. The topological polar surface area (TPSA) is 64.6 Å². The Kier molecular flexibility index (Phi) is 4.98. The van der Waals surface area contributed by atoms with Gasteiger partial charge in [-0.25, -0.2) is 4.79 Å². The predicted molar refractivity (Wildman–Crippen MR) is 106 cm³/mol. The van der Waals surface area contributed by atoms with E-state index in [9.17, 15) is 9.59 Å². The fourth-order valence-electron chi connectivity index (χ4n) is 3.12. The number of rotatable bonds is 6. The third-order valence-electron chi connectivity index (χ3n) is 4.78. The van der Waals surface area contributed by atoms with E-state index in [0.717, 1.165) is 23.6 Å². The number of hydrogen-bond donors (Lipinski definition) is 1. The van der Waals surface area contributed by atoms with Gasteiger partial charge < -0.3 is 14.8 Å². The number of hydrogen-bond acceptors (Lipinski definition) is 4. The van der Waals surface area contributed by atoms with Gasteiger partial charge in [-0.15, -0.1) is 0 Å². The molecule has 0 aromatic heterocycles. The Bertz CT molecular complexity index is 1010. The smallest absolute Gasteiger partial charge is 0.343 e. The molecule has 0 spiro atoms. The van der Waals surface area contributed by atoms with Crippen LogP contribution in [0.15, 0.2) is 66.7 Å². The van der Waals surface area contributed by atoms with E-state index in [4.69, 9.17) is 9.47 Å². The summed E-state index contributed by atoms with van der Waals surface area (Å²) in [5.41, 5.74) is 0.926. The Morgan fingerprint density at radius 3 is 2.25 bits per heavy atom. The monoisotopic (exact) mass is 375 g/mol. The summed E-state index contributed by atoms with van der Waals surface area (Å²) in [6, 6.07) is 20.4. The fraction of sp³-hybridized carbons (Fsp3) is 0.217. The number of ether oxygens (including phenoxy) is 2. The van der Waals surface area contributed by atoms with E-state index in [0.29, 0.717) is 16.9 Å². The zero-order valence-electron chi connectivity index (χ0n) is 15.6. The molecule has 0 saturated heterocycles. The van der Waals surface area contributed by atoms with E-state index in [1.54, 1.807) is 24.3 Å². The van der Waals surface area contributed by atoms with Crippen molar-refractivity contribution in [2.24, 2.45) is 0 Å². The average Bonchev–Trinajstić information content (AvgIpc) is 3.55. The Balaban J connectivity index is 1.65. The first kappa shape index (κ1) is 18.0. The van der Waals surface area contributed by atoms with Crippen LogP contribution in [0, 0.1) is 0 Å². The van der Waals surface area contributed by atoms with E-state index in [1.165, 1.54) is 7.11 Å². The van der Waals surface area contributed by atoms with Crippen LogP contribution in [-0.4, -0.2) is 25.0 Å². The highest BCUT2D eigenvalue weighted by Crippen LogP contribution is 2.29. The molecular weight excluding hydrogens is 354 g/mol. The van der Waals surface area contributed by atoms with Crippen LogP contribution in [0.1, 0.15) is 34.9 Å². The second-order valence-electron chi connectivity index (χ2n) is 6.88. The van der Waals surface area contributed by atoms with Crippen molar-refractivity contribution in [2.75, 3.05) is 7.11 Å². The van der Waals surface area contributed by atoms with Crippen molar-refractivity contribution in [3.8, 4) is 5.75 Å². The number of fused-ring (bicyclic) bond motifs is 1. The first-order valence-electron chi connectivity index (χ1n) is 9.29. The molecule has 1 amide bonds. The van der Waals surface area contributed by atoms with Gasteiger partial charge in [0.15, 0.2) is 0 Å². The average molecular weight is 375 g/mol. The molecule has 28 heavy (non-hydrogen) atoms. The first-order valence-corrected chi connectivity index (χ1v) is 9.29. The van der Waals surface area contributed by atoms with Crippen LogP contribution in [0.25, 0.3) is 10.8 Å². The number of esters is 1. The van der Waals surface area contributed by atoms with Gasteiger partial charge >= 0.3 is 5.97 Å². The molecule has 4 rings (SSSR count). The highest BCUT2D eigenvalue weighted by molar-refractivity contribution is 6.00. The van der Waals surface area contributed by atoms with Gasteiger partial charge in [0.2, 0.25) is 6.10 Å². The van der Waals surface area contributed by atoms with Gasteiger partial charge in [-0.1, -0.05) is 54.6 Å². The summed E-state index contributed by atoms with van der Waals surface area (Å²) >= 11 is 0. The van der Waals surface area contributed by atoms with Gasteiger partial charge in [-0.2, -0.15) is 0 Å². The molecule has 1 atom stereocenters. The molecule has 0 bridgehead atoms. The lowest BCUT2D eigenvalue weighted by molar-refractivity contribution is -0.130. The van der Waals surface area contributed by atoms with Crippen LogP contribution < -0.4 is 10.1 Å². The van der Waals surface area contributed by atoms with Crippen LogP contribution in [-0.2, 0) is 9.53 Å². The number of benzene rings is 3. The molecule has 1 saturated carbocycles. The lowest BCUT2D eigenvalue weighted by Gasteiger charge is -2.19. The van der Waals surface area contributed by atoms with E-state index in [2.05, 4.69) is 5.32 Å². The third kappa shape index (κ3) is 3.83. The quantitative estimate of drug-likeness (QED) is 0.661. The van der Waals surface area contributed by atoms with Gasteiger partial charge in [0.1, 0.15) is 11.3 Å². The zero-order chi connectivity index (χ0) is 19.5. The number of carbonyl (C=O) groups is 2. The second kappa shape index (κ2) is 7.72. The highest BCUT2D eigenvalue weighted by Gasteiger charge is 2.31. The molecule has 5 heteroatoms. The predicted octanol–water partition coefficient (Wildman–Crippen LogP) is 4.03. The van der Waals surface area contributed by atoms with Crippen molar-refractivity contribution < 1.29 is 19.1 Å². The van der Waals surface area contributed by atoms with Crippen molar-refractivity contribution in [3.05, 3.63) is 77.9 Å². The molecule has 1 fully saturated rings. The van der Waals surface area contributed by atoms with Gasteiger partial charge in [0.25, 0.3) is 5.91 Å². The van der Waals surface area contributed by atoms with Crippen LogP contribution in [0.3, 0.4) is 0 Å². The maximum absolute atomic E-state index is 13.0. The molecular formula is C23H21NO4. The Labute approximate surface area is 163 Å². The zero-order valence-corrected chi connectivity index (χ0v) is 15.6. The molecule has 0 unspecified atom stereocenters. The van der Waals surface area contributed by atoms with Crippen LogP contribution in [0.5, 0.6) is 5.75 Å². The van der Waals surface area contributed by atoms with Crippen molar-refractivity contribution in [1.29, 1.82) is 0 Å². The summed E-state index contributed by atoms with van der Waals surface area (Å²) < 4.78 is 11.1. The van der Waals surface area contributed by atoms with Crippen molar-refractivity contribution in [2.45, 2.75) is 25.0 Å². The number of carbonyl (C=O) groups excluding carboxylic acids is 2. The Morgan fingerprint density at radius 2 is 1.61 bits per heavy atom. The van der Waals surface area contributed by atoms with Crippen LogP contribution >= 0.6 is 0 Å². The highest BCUT2D eigenvalue weighted by atomic mass is 16.5. The summed E-state index contributed by atoms with van der Waals surface area (Å²) in [6.45, 7) is 0. The molecule has 1 aliphatic rings. The lowest BCUT2D eigenvalue weighted by Crippen LogP contribution is -2.33. The van der Waals surface area contributed by atoms with Crippen LogP contribution in [0.2, 0.25) is 0 Å². The summed E-state index contributed by atoms with van der Waals surface area (Å²) in [5, 5.41) is 4.78. The second-order valence-corrected chi connectivity index (χ2v) is 6.88. The summed E-state index contributed by atoms with van der Waals surface area (Å²) in [7, 11) is 1.51. The van der Waals surface area contributed by atoms with Gasteiger partial charge in [0, 0.05) is 11.6 Å². The molecule has 3 aromatic carbocycles. The number of nitrogens with one attached hydrogen (secondary N) is 1. The summed E-state index contributed by atoms with van der Waals surface area (Å²) in [5.74, 6) is -0.484. The minimum Gasteiger partial charge on any atom is -0.496 e. The normalized spacial score (nSPS) is 14.3.